The number of aromatic nitrogens is 2. The average Bonchev–Trinajstić information content (AvgIpc) is 2.94. The van der Waals surface area contributed by atoms with Gasteiger partial charge in [0.15, 0.2) is 0 Å². The van der Waals surface area contributed by atoms with Crippen LogP contribution >= 0.6 is 0 Å². The summed E-state index contributed by atoms with van der Waals surface area (Å²) in [6.45, 7) is 3.50. The number of carbonyl (C=O) groups excluding carboxylic acids is 1. The second kappa shape index (κ2) is 6.75. The predicted molar refractivity (Wildman–Crippen MR) is 79.4 cm³/mol. The van der Waals surface area contributed by atoms with E-state index in [2.05, 4.69) is 10.3 Å². The van der Waals surface area contributed by atoms with Crippen LogP contribution in [0.5, 0.6) is 0 Å². The Kier molecular flexibility index (Phi) is 4.76. The van der Waals surface area contributed by atoms with Gasteiger partial charge in [0.1, 0.15) is 0 Å². The molecule has 5 nitrogen and oxygen atoms in total. The first kappa shape index (κ1) is 14.1. The van der Waals surface area contributed by atoms with E-state index in [9.17, 15) is 4.79 Å². The fourth-order valence-electron chi connectivity index (χ4n) is 1.96. The molecule has 3 N–H and O–H groups in total. The van der Waals surface area contributed by atoms with Crippen LogP contribution in [-0.4, -0.2) is 22.0 Å². The second-order valence-corrected chi connectivity index (χ2v) is 4.83. The summed E-state index contributed by atoms with van der Waals surface area (Å²) >= 11 is 0. The standard InChI is InChI=1S/C15H20N4O/c1-12-10-13(4-5-14(12)16)15(20)18-6-2-3-8-19-9-7-17-11-19/h4-5,7,9-11H,2-3,6,8,16H2,1H3,(H,18,20). The summed E-state index contributed by atoms with van der Waals surface area (Å²) in [7, 11) is 0. The minimum absolute atomic E-state index is 0.0456. The van der Waals surface area contributed by atoms with Gasteiger partial charge in [-0.15, -0.1) is 0 Å². The van der Waals surface area contributed by atoms with Gasteiger partial charge >= 0.3 is 0 Å². The molecule has 2 rings (SSSR count). The van der Waals surface area contributed by atoms with Crippen LogP contribution in [0, 0.1) is 6.92 Å². The van der Waals surface area contributed by atoms with Crippen molar-refractivity contribution in [1.29, 1.82) is 0 Å². The van der Waals surface area contributed by atoms with E-state index in [4.69, 9.17) is 5.73 Å². The van der Waals surface area contributed by atoms with Gasteiger partial charge in [-0.05, 0) is 43.5 Å². The first-order valence-electron chi connectivity index (χ1n) is 6.77. The minimum Gasteiger partial charge on any atom is -0.399 e. The maximum Gasteiger partial charge on any atom is 0.251 e. The third kappa shape index (κ3) is 3.85. The Bertz CT molecular complexity index is 563. The highest BCUT2D eigenvalue weighted by atomic mass is 16.1. The van der Waals surface area contributed by atoms with Crippen molar-refractivity contribution >= 4 is 11.6 Å². The van der Waals surface area contributed by atoms with Crippen molar-refractivity contribution in [3.05, 3.63) is 48.0 Å². The summed E-state index contributed by atoms with van der Waals surface area (Å²) in [4.78, 5) is 15.9. The van der Waals surface area contributed by atoms with E-state index < -0.39 is 0 Å². The molecule has 1 heterocycles. The molecule has 0 atom stereocenters. The van der Waals surface area contributed by atoms with Crippen LogP contribution in [0.25, 0.3) is 0 Å². The van der Waals surface area contributed by atoms with Gasteiger partial charge in [0.05, 0.1) is 6.33 Å². The van der Waals surface area contributed by atoms with Crippen molar-refractivity contribution < 1.29 is 4.79 Å². The molecule has 0 bridgehead atoms. The quantitative estimate of drug-likeness (QED) is 0.624. The number of aryl methyl sites for hydroxylation is 2. The van der Waals surface area contributed by atoms with E-state index in [1.165, 1.54) is 0 Å². The van der Waals surface area contributed by atoms with Gasteiger partial charge in [0.25, 0.3) is 5.91 Å². The van der Waals surface area contributed by atoms with Gasteiger partial charge in [-0.3, -0.25) is 4.79 Å². The summed E-state index contributed by atoms with van der Waals surface area (Å²) in [5, 5.41) is 2.92. The number of nitrogen functional groups attached to an aromatic ring is 1. The summed E-state index contributed by atoms with van der Waals surface area (Å²) < 4.78 is 2.03. The molecule has 1 amide bonds. The number of rotatable bonds is 6. The third-order valence-corrected chi connectivity index (χ3v) is 3.22. The topological polar surface area (TPSA) is 72.9 Å². The van der Waals surface area contributed by atoms with Crippen molar-refractivity contribution in [3.63, 3.8) is 0 Å². The molecule has 5 heteroatoms. The number of hydrogen-bond acceptors (Lipinski definition) is 3. The van der Waals surface area contributed by atoms with Gasteiger partial charge in [-0.2, -0.15) is 0 Å². The molecule has 0 saturated heterocycles. The SMILES string of the molecule is Cc1cc(C(=O)NCCCCn2ccnc2)ccc1N. The lowest BCUT2D eigenvalue weighted by atomic mass is 10.1. The van der Waals surface area contributed by atoms with Gasteiger partial charge < -0.3 is 15.6 Å². The fourth-order valence-corrected chi connectivity index (χ4v) is 1.96. The zero-order chi connectivity index (χ0) is 14.4. The first-order valence-corrected chi connectivity index (χ1v) is 6.77. The number of imidazole rings is 1. The Morgan fingerprint density at radius 3 is 2.95 bits per heavy atom. The van der Waals surface area contributed by atoms with E-state index in [1.807, 2.05) is 23.8 Å². The smallest absolute Gasteiger partial charge is 0.251 e. The molecule has 1 aromatic heterocycles. The number of unbranched alkanes of at least 4 members (excludes halogenated alkanes) is 1. The minimum atomic E-state index is -0.0456. The number of benzene rings is 1. The highest BCUT2D eigenvalue weighted by Crippen LogP contribution is 2.12. The largest absolute Gasteiger partial charge is 0.399 e. The lowest BCUT2D eigenvalue weighted by Crippen LogP contribution is -2.24. The molecule has 106 valence electrons. The van der Waals surface area contributed by atoms with Crippen molar-refractivity contribution in [1.82, 2.24) is 14.9 Å². The molecular formula is C15H20N4O. The number of nitrogens with zero attached hydrogens (tertiary/aromatic N) is 2. The zero-order valence-electron chi connectivity index (χ0n) is 11.7. The molecule has 0 spiro atoms. The highest BCUT2D eigenvalue weighted by molar-refractivity contribution is 5.94. The average molecular weight is 272 g/mol. The number of carbonyl (C=O) groups is 1. The van der Waals surface area contributed by atoms with Crippen LogP contribution in [0.3, 0.4) is 0 Å². The van der Waals surface area contributed by atoms with Crippen LogP contribution < -0.4 is 11.1 Å². The van der Waals surface area contributed by atoms with E-state index in [0.29, 0.717) is 17.8 Å². The maximum atomic E-state index is 11.9. The molecule has 1 aromatic carbocycles. The monoisotopic (exact) mass is 272 g/mol. The predicted octanol–water partition coefficient (Wildman–Crippen LogP) is 1.98. The molecular weight excluding hydrogens is 252 g/mol. The number of nitrogens with two attached hydrogens (primary N) is 1. The Morgan fingerprint density at radius 2 is 2.25 bits per heavy atom. The van der Waals surface area contributed by atoms with E-state index in [1.54, 1.807) is 24.7 Å². The Balaban J connectivity index is 1.70. The van der Waals surface area contributed by atoms with Crippen molar-refractivity contribution in [3.8, 4) is 0 Å². The zero-order valence-corrected chi connectivity index (χ0v) is 11.7. The fraction of sp³-hybridized carbons (Fsp3) is 0.333. The van der Waals surface area contributed by atoms with E-state index >= 15 is 0 Å². The van der Waals surface area contributed by atoms with Crippen molar-refractivity contribution in [2.45, 2.75) is 26.3 Å². The van der Waals surface area contributed by atoms with Crippen molar-refractivity contribution in [2.75, 3.05) is 12.3 Å². The molecule has 20 heavy (non-hydrogen) atoms. The van der Waals surface area contributed by atoms with Gasteiger partial charge in [0.2, 0.25) is 0 Å². The second-order valence-electron chi connectivity index (χ2n) is 4.83. The normalized spacial score (nSPS) is 10.4. The number of amides is 1. The van der Waals surface area contributed by atoms with Crippen LogP contribution in [-0.2, 0) is 6.54 Å². The summed E-state index contributed by atoms with van der Waals surface area (Å²) in [5.74, 6) is -0.0456. The molecule has 0 aliphatic rings. The molecule has 0 aliphatic heterocycles. The van der Waals surface area contributed by atoms with Gasteiger partial charge in [-0.25, -0.2) is 4.98 Å². The van der Waals surface area contributed by atoms with E-state index in [0.717, 1.165) is 24.9 Å². The number of hydrogen-bond donors (Lipinski definition) is 2. The first-order chi connectivity index (χ1) is 9.66. The number of anilines is 1. The Morgan fingerprint density at radius 1 is 1.40 bits per heavy atom. The third-order valence-electron chi connectivity index (χ3n) is 3.22. The van der Waals surface area contributed by atoms with Crippen LogP contribution in [0.4, 0.5) is 5.69 Å². The van der Waals surface area contributed by atoms with Gasteiger partial charge in [0, 0.05) is 36.7 Å². The van der Waals surface area contributed by atoms with Crippen molar-refractivity contribution in [2.24, 2.45) is 0 Å². The van der Waals surface area contributed by atoms with Gasteiger partial charge in [-0.1, -0.05) is 0 Å². The highest BCUT2D eigenvalue weighted by Gasteiger charge is 2.05. The molecule has 0 fully saturated rings. The lowest BCUT2D eigenvalue weighted by molar-refractivity contribution is 0.0953. The Hall–Kier alpha value is -2.30. The molecule has 0 saturated carbocycles. The lowest BCUT2D eigenvalue weighted by Gasteiger charge is -2.07. The number of nitrogens with one attached hydrogen (secondary N) is 1. The summed E-state index contributed by atoms with van der Waals surface area (Å²) in [6, 6.07) is 5.34. The van der Waals surface area contributed by atoms with Crippen LogP contribution in [0.1, 0.15) is 28.8 Å². The Labute approximate surface area is 118 Å². The summed E-state index contributed by atoms with van der Waals surface area (Å²) in [5.41, 5.74) is 8.03. The maximum absolute atomic E-state index is 11.9. The molecule has 0 unspecified atom stereocenters. The molecule has 0 aliphatic carbocycles. The van der Waals surface area contributed by atoms with Crippen LogP contribution in [0.15, 0.2) is 36.9 Å². The van der Waals surface area contributed by atoms with E-state index in [-0.39, 0.29) is 5.91 Å². The van der Waals surface area contributed by atoms with Crippen LogP contribution in [0.2, 0.25) is 0 Å². The molecule has 0 radical (unpaired) electrons. The summed E-state index contributed by atoms with van der Waals surface area (Å²) in [6.07, 6.45) is 7.46. The molecule has 2 aromatic rings.